The molecule has 0 saturated heterocycles. The van der Waals surface area contributed by atoms with Crippen LogP contribution < -0.4 is 5.73 Å². The van der Waals surface area contributed by atoms with Crippen LogP contribution in [-0.2, 0) is 13.6 Å². The molecule has 1 rings (SSSR count). The van der Waals surface area contributed by atoms with Crippen molar-refractivity contribution in [3.05, 3.63) is 11.3 Å². The summed E-state index contributed by atoms with van der Waals surface area (Å²) in [4.78, 5) is 2.45. The van der Waals surface area contributed by atoms with Crippen molar-refractivity contribution >= 4 is 5.82 Å². The first-order chi connectivity index (χ1) is 7.82. The molecule has 0 bridgehead atoms. The Labute approximate surface area is 105 Å². The van der Waals surface area contributed by atoms with E-state index in [1.807, 2.05) is 14.0 Å². The molecule has 0 amide bonds. The van der Waals surface area contributed by atoms with Crippen LogP contribution in [0.4, 0.5) is 5.82 Å². The zero-order valence-electron chi connectivity index (χ0n) is 12.0. The van der Waals surface area contributed by atoms with Crippen LogP contribution in [0.1, 0.15) is 39.0 Å². The minimum absolute atomic E-state index is 0.524. The van der Waals surface area contributed by atoms with Gasteiger partial charge in [-0.15, -0.1) is 0 Å². The molecule has 0 saturated carbocycles. The summed E-state index contributed by atoms with van der Waals surface area (Å²) in [5.41, 5.74) is 8.27. The molecule has 2 N–H and O–H groups in total. The second kappa shape index (κ2) is 5.54. The van der Waals surface area contributed by atoms with Crippen LogP contribution in [0.15, 0.2) is 0 Å². The SMILES string of the molecule is Cc1nn(C)c(N)c1CN(CC(C)C)C(C)C. The largest absolute Gasteiger partial charge is 0.384 e. The van der Waals surface area contributed by atoms with Crippen LogP contribution in [0.3, 0.4) is 0 Å². The summed E-state index contributed by atoms with van der Waals surface area (Å²) in [6, 6.07) is 0.524. The molecule has 0 aliphatic rings. The van der Waals surface area contributed by atoms with E-state index in [4.69, 9.17) is 5.73 Å². The lowest BCUT2D eigenvalue weighted by Crippen LogP contribution is -2.34. The number of hydrogen-bond acceptors (Lipinski definition) is 3. The van der Waals surface area contributed by atoms with Gasteiger partial charge in [-0.2, -0.15) is 5.10 Å². The van der Waals surface area contributed by atoms with Crippen molar-refractivity contribution in [1.29, 1.82) is 0 Å². The maximum Gasteiger partial charge on any atom is 0.126 e. The molecule has 0 spiro atoms. The topological polar surface area (TPSA) is 47.1 Å². The Morgan fingerprint density at radius 3 is 2.24 bits per heavy atom. The van der Waals surface area contributed by atoms with Gasteiger partial charge in [-0.25, -0.2) is 0 Å². The molecule has 1 aromatic rings. The highest BCUT2D eigenvalue weighted by Gasteiger charge is 2.17. The molecule has 0 unspecified atom stereocenters. The highest BCUT2D eigenvalue weighted by Crippen LogP contribution is 2.19. The molecule has 98 valence electrons. The average Bonchev–Trinajstić information content (AvgIpc) is 2.43. The van der Waals surface area contributed by atoms with Crippen LogP contribution in [0.5, 0.6) is 0 Å². The Bertz CT molecular complexity index is 366. The number of nitrogen functional groups attached to an aromatic ring is 1. The quantitative estimate of drug-likeness (QED) is 0.855. The molecule has 0 aliphatic heterocycles. The Balaban J connectivity index is 2.86. The number of nitrogens with two attached hydrogens (primary N) is 1. The summed E-state index contributed by atoms with van der Waals surface area (Å²) in [6.07, 6.45) is 0. The van der Waals surface area contributed by atoms with Crippen LogP contribution in [0.2, 0.25) is 0 Å². The maximum absolute atomic E-state index is 6.06. The maximum atomic E-state index is 6.06. The van der Waals surface area contributed by atoms with Crippen molar-refractivity contribution in [2.45, 2.75) is 47.2 Å². The second-order valence-electron chi connectivity index (χ2n) is 5.49. The molecule has 17 heavy (non-hydrogen) atoms. The molecule has 4 heteroatoms. The van der Waals surface area contributed by atoms with Gasteiger partial charge in [0, 0.05) is 31.7 Å². The van der Waals surface area contributed by atoms with Gasteiger partial charge < -0.3 is 5.73 Å². The minimum Gasteiger partial charge on any atom is -0.384 e. The molecule has 0 aliphatic carbocycles. The van der Waals surface area contributed by atoms with Crippen LogP contribution in [0, 0.1) is 12.8 Å². The molecule has 0 radical (unpaired) electrons. The molecular weight excluding hydrogens is 212 g/mol. The normalized spacial score (nSPS) is 12.1. The minimum atomic E-state index is 0.524. The Kier molecular flexibility index (Phi) is 4.57. The van der Waals surface area contributed by atoms with Crippen molar-refractivity contribution in [2.75, 3.05) is 12.3 Å². The highest BCUT2D eigenvalue weighted by molar-refractivity contribution is 5.42. The number of nitrogens with zero attached hydrogens (tertiary/aromatic N) is 3. The van der Waals surface area contributed by atoms with Crippen molar-refractivity contribution in [3.63, 3.8) is 0 Å². The van der Waals surface area contributed by atoms with Gasteiger partial charge in [-0.3, -0.25) is 9.58 Å². The first-order valence-corrected chi connectivity index (χ1v) is 6.34. The van der Waals surface area contributed by atoms with Gasteiger partial charge in [0.1, 0.15) is 5.82 Å². The standard InChI is InChI=1S/C13H26N4/c1-9(2)7-17(10(3)4)8-12-11(5)15-16(6)13(12)14/h9-10H,7-8,14H2,1-6H3. The second-order valence-corrected chi connectivity index (χ2v) is 5.49. The molecule has 0 fully saturated rings. The van der Waals surface area contributed by atoms with E-state index in [9.17, 15) is 0 Å². The Morgan fingerprint density at radius 2 is 1.88 bits per heavy atom. The fraction of sp³-hybridized carbons (Fsp3) is 0.769. The van der Waals surface area contributed by atoms with Gasteiger partial charge >= 0.3 is 0 Å². The van der Waals surface area contributed by atoms with Gasteiger partial charge in [-0.05, 0) is 26.7 Å². The summed E-state index contributed by atoms with van der Waals surface area (Å²) in [6.45, 7) is 12.9. The fourth-order valence-corrected chi connectivity index (χ4v) is 2.05. The lowest BCUT2D eigenvalue weighted by atomic mass is 10.1. The molecule has 1 heterocycles. The van der Waals surface area contributed by atoms with Gasteiger partial charge in [0.25, 0.3) is 0 Å². The van der Waals surface area contributed by atoms with Crippen molar-refractivity contribution in [3.8, 4) is 0 Å². The average molecular weight is 238 g/mol. The summed E-state index contributed by atoms with van der Waals surface area (Å²) in [7, 11) is 1.90. The predicted octanol–water partition coefficient (Wildman–Crippen LogP) is 2.18. The molecule has 1 aromatic heterocycles. The number of rotatable bonds is 5. The van der Waals surface area contributed by atoms with E-state index < -0.39 is 0 Å². The predicted molar refractivity (Wildman–Crippen MR) is 72.7 cm³/mol. The van der Waals surface area contributed by atoms with E-state index in [0.29, 0.717) is 12.0 Å². The van der Waals surface area contributed by atoms with E-state index >= 15 is 0 Å². The zero-order valence-corrected chi connectivity index (χ0v) is 12.0. The third-order valence-corrected chi connectivity index (χ3v) is 3.09. The third kappa shape index (κ3) is 3.46. The smallest absolute Gasteiger partial charge is 0.126 e. The van der Waals surface area contributed by atoms with E-state index in [1.54, 1.807) is 4.68 Å². The molecule has 4 nitrogen and oxygen atoms in total. The molecule has 0 aromatic carbocycles. The highest BCUT2D eigenvalue weighted by atomic mass is 15.3. The van der Waals surface area contributed by atoms with E-state index in [1.165, 1.54) is 5.56 Å². The summed E-state index contributed by atoms with van der Waals surface area (Å²) in [5, 5.41) is 4.37. The van der Waals surface area contributed by atoms with E-state index in [2.05, 4.69) is 37.7 Å². The van der Waals surface area contributed by atoms with Gasteiger partial charge in [0.15, 0.2) is 0 Å². The first kappa shape index (κ1) is 14.0. The van der Waals surface area contributed by atoms with Crippen LogP contribution >= 0.6 is 0 Å². The summed E-state index contributed by atoms with van der Waals surface area (Å²) < 4.78 is 1.76. The van der Waals surface area contributed by atoms with E-state index in [-0.39, 0.29) is 0 Å². The molecule has 0 atom stereocenters. The van der Waals surface area contributed by atoms with Gasteiger partial charge in [0.05, 0.1) is 5.69 Å². The Hall–Kier alpha value is -1.03. The number of anilines is 1. The first-order valence-electron chi connectivity index (χ1n) is 6.34. The zero-order chi connectivity index (χ0) is 13.2. The lowest BCUT2D eigenvalue weighted by Gasteiger charge is -2.28. The van der Waals surface area contributed by atoms with Gasteiger partial charge in [-0.1, -0.05) is 13.8 Å². The molecular formula is C13H26N4. The monoisotopic (exact) mass is 238 g/mol. The number of hydrogen-bond donors (Lipinski definition) is 1. The van der Waals surface area contributed by atoms with Gasteiger partial charge in [0.2, 0.25) is 0 Å². The lowest BCUT2D eigenvalue weighted by molar-refractivity contribution is 0.189. The van der Waals surface area contributed by atoms with E-state index in [0.717, 1.165) is 24.6 Å². The number of aromatic nitrogens is 2. The van der Waals surface area contributed by atoms with Crippen molar-refractivity contribution in [2.24, 2.45) is 13.0 Å². The van der Waals surface area contributed by atoms with Crippen molar-refractivity contribution in [1.82, 2.24) is 14.7 Å². The summed E-state index contributed by atoms with van der Waals surface area (Å²) in [5.74, 6) is 1.45. The third-order valence-electron chi connectivity index (χ3n) is 3.09. The Morgan fingerprint density at radius 1 is 1.29 bits per heavy atom. The fourth-order valence-electron chi connectivity index (χ4n) is 2.05. The van der Waals surface area contributed by atoms with Crippen molar-refractivity contribution < 1.29 is 0 Å². The van der Waals surface area contributed by atoms with Crippen LogP contribution in [-0.4, -0.2) is 27.3 Å². The number of aryl methyl sites for hydroxylation is 2. The summed E-state index contributed by atoms with van der Waals surface area (Å²) >= 11 is 0. The van der Waals surface area contributed by atoms with Crippen LogP contribution in [0.25, 0.3) is 0 Å².